The van der Waals surface area contributed by atoms with Crippen molar-refractivity contribution in [3.05, 3.63) is 90.0 Å². The van der Waals surface area contributed by atoms with Gasteiger partial charge >= 0.3 is 0 Å². The number of nitrogens with one attached hydrogen (secondary N) is 2. The molecule has 0 atom stereocenters. The molecule has 0 aliphatic rings. The molecule has 6 nitrogen and oxygen atoms in total. The van der Waals surface area contributed by atoms with Crippen LogP contribution in [0.2, 0.25) is 0 Å². The van der Waals surface area contributed by atoms with Gasteiger partial charge < -0.3 is 15.0 Å². The first kappa shape index (κ1) is 24.9. The van der Waals surface area contributed by atoms with Crippen LogP contribution in [0.1, 0.15) is 46.9 Å². The van der Waals surface area contributed by atoms with Gasteiger partial charge in [-0.15, -0.1) is 0 Å². The number of hydrogen-bond acceptors (Lipinski definition) is 4. The number of ether oxygens (including phenoxy) is 1. The van der Waals surface area contributed by atoms with Gasteiger partial charge in [0.2, 0.25) is 0 Å². The summed E-state index contributed by atoms with van der Waals surface area (Å²) in [5.41, 5.74) is 2.51. The Hall–Kier alpha value is -3.71. The molecule has 3 aromatic carbocycles. The molecule has 2 N–H and O–H groups in total. The lowest BCUT2D eigenvalue weighted by Gasteiger charge is -2.17. The minimum atomic E-state index is -0.314. The molecule has 0 heterocycles. The second kappa shape index (κ2) is 12.5. The number of carbonyl (C=O) groups is 2. The topological polar surface area (TPSA) is 70.7 Å². The summed E-state index contributed by atoms with van der Waals surface area (Å²) in [4.78, 5) is 26.8. The Morgan fingerprint density at radius 2 is 1.53 bits per heavy atom. The first-order valence-electron chi connectivity index (χ1n) is 11.3. The minimum Gasteiger partial charge on any atom is -0.494 e. The molecule has 3 aromatic rings. The maximum atomic E-state index is 12.7. The Labute approximate surface area is 205 Å². The average molecular weight is 476 g/mol. The van der Waals surface area contributed by atoms with Gasteiger partial charge in [-0.2, -0.15) is 0 Å². The molecule has 0 aromatic heterocycles. The quantitative estimate of drug-likeness (QED) is 0.309. The van der Waals surface area contributed by atoms with Crippen molar-refractivity contribution in [3.8, 4) is 5.75 Å². The fourth-order valence-electron chi connectivity index (χ4n) is 3.24. The molecule has 0 spiro atoms. The van der Waals surface area contributed by atoms with E-state index in [1.54, 1.807) is 60.5 Å². The summed E-state index contributed by atoms with van der Waals surface area (Å²) in [5, 5.41) is 5.81. The second-order valence-corrected chi connectivity index (χ2v) is 8.17. The van der Waals surface area contributed by atoms with Crippen molar-refractivity contribution >= 4 is 40.5 Å². The van der Waals surface area contributed by atoms with Crippen molar-refractivity contribution in [2.24, 2.45) is 0 Å². The molecule has 0 aliphatic heterocycles. The summed E-state index contributed by atoms with van der Waals surface area (Å²) < 4.78 is 5.67. The fourth-order valence-corrected chi connectivity index (χ4v) is 3.45. The number of para-hydroxylation sites is 1. The van der Waals surface area contributed by atoms with Crippen molar-refractivity contribution in [2.75, 3.05) is 23.9 Å². The first-order chi connectivity index (χ1) is 16.5. The van der Waals surface area contributed by atoms with Gasteiger partial charge in [-0.1, -0.05) is 38.0 Å². The summed E-state index contributed by atoms with van der Waals surface area (Å²) in [6.45, 7) is 2.81. The highest BCUT2D eigenvalue weighted by Gasteiger charge is 2.13. The molecular weight excluding hydrogens is 446 g/mol. The monoisotopic (exact) mass is 475 g/mol. The van der Waals surface area contributed by atoms with Gasteiger partial charge in [-0.25, -0.2) is 0 Å². The highest BCUT2D eigenvalue weighted by molar-refractivity contribution is 7.80. The lowest BCUT2D eigenvalue weighted by atomic mass is 10.1. The van der Waals surface area contributed by atoms with Gasteiger partial charge in [0.05, 0.1) is 6.61 Å². The zero-order valence-corrected chi connectivity index (χ0v) is 20.2. The maximum Gasteiger partial charge on any atom is 0.258 e. The number of hydrogen-bond donors (Lipinski definition) is 2. The molecule has 2 amide bonds. The number of amides is 2. The van der Waals surface area contributed by atoms with Crippen LogP contribution < -0.4 is 20.3 Å². The van der Waals surface area contributed by atoms with Crippen LogP contribution in [-0.4, -0.2) is 30.6 Å². The van der Waals surface area contributed by atoms with Crippen molar-refractivity contribution in [1.82, 2.24) is 5.32 Å². The Kier molecular flexibility index (Phi) is 9.17. The molecule has 0 saturated heterocycles. The van der Waals surface area contributed by atoms with Crippen molar-refractivity contribution < 1.29 is 14.3 Å². The van der Waals surface area contributed by atoms with Gasteiger partial charge in [0.25, 0.3) is 11.8 Å². The van der Waals surface area contributed by atoms with Crippen LogP contribution in [0.25, 0.3) is 0 Å². The lowest BCUT2D eigenvalue weighted by Crippen LogP contribution is -2.34. The smallest absolute Gasteiger partial charge is 0.258 e. The van der Waals surface area contributed by atoms with E-state index < -0.39 is 0 Å². The lowest BCUT2D eigenvalue weighted by molar-refractivity contribution is 0.0974. The van der Waals surface area contributed by atoms with E-state index in [0.717, 1.165) is 30.7 Å². The van der Waals surface area contributed by atoms with E-state index >= 15 is 0 Å². The first-order valence-corrected chi connectivity index (χ1v) is 11.7. The molecular formula is C27H29N3O3S. The number of thiocarbonyl (C=S) groups is 1. The van der Waals surface area contributed by atoms with Crippen LogP contribution in [-0.2, 0) is 0 Å². The van der Waals surface area contributed by atoms with Crippen LogP contribution in [0.5, 0.6) is 5.75 Å². The van der Waals surface area contributed by atoms with E-state index in [9.17, 15) is 9.59 Å². The third-order valence-electron chi connectivity index (χ3n) is 5.20. The molecule has 0 unspecified atom stereocenters. The predicted molar refractivity (Wildman–Crippen MR) is 141 cm³/mol. The van der Waals surface area contributed by atoms with Crippen molar-refractivity contribution in [3.63, 3.8) is 0 Å². The third kappa shape index (κ3) is 7.15. The molecule has 34 heavy (non-hydrogen) atoms. The highest BCUT2D eigenvalue weighted by atomic mass is 32.1. The van der Waals surface area contributed by atoms with Crippen LogP contribution in [0, 0.1) is 0 Å². The summed E-state index contributed by atoms with van der Waals surface area (Å²) in [5.74, 6) is 0.304. The number of unbranched alkanes of at least 4 members (excludes halogenated alkanes) is 2. The normalized spacial score (nSPS) is 10.3. The van der Waals surface area contributed by atoms with E-state index in [1.807, 2.05) is 30.3 Å². The minimum absolute atomic E-state index is 0.119. The van der Waals surface area contributed by atoms with Crippen molar-refractivity contribution in [2.45, 2.75) is 26.2 Å². The Morgan fingerprint density at radius 3 is 2.18 bits per heavy atom. The van der Waals surface area contributed by atoms with E-state index in [4.69, 9.17) is 17.0 Å². The number of anilines is 2. The Bertz CT molecular complexity index is 1100. The van der Waals surface area contributed by atoms with Gasteiger partial charge in [0.15, 0.2) is 5.11 Å². The van der Waals surface area contributed by atoms with E-state index in [-0.39, 0.29) is 16.9 Å². The summed E-state index contributed by atoms with van der Waals surface area (Å²) >= 11 is 5.27. The van der Waals surface area contributed by atoms with Crippen LogP contribution in [0.3, 0.4) is 0 Å². The molecule has 0 aliphatic carbocycles. The molecule has 0 fully saturated rings. The van der Waals surface area contributed by atoms with E-state index in [0.29, 0.717) is 23.4 Å². The van der Waals surface area contributed by atoms with Gasteiger partial charge in [0, 0.05) is 29.5 Å². The number of nitrogens with zero attached hydrogens (tertiary/aromatic N) is 1. The van der Waals surface area contributed by atoms with E-state index in [1.165, 1.54) is 0 Å². The molecule has 7 heteroatoms. The summed E-state index contributed by atoms with van der Waals surface area (Å²) in [6, 6.07) is 23.3. The summed E-state index contributed by atoms with van der Waals surface area (Å²) in [6.07, 6.45) is 3.29. The third-order valence-corrected chi connectivity index (χ3v) is 5.40. The number of carbonyl (C=O) groups excluding carboxylic acids is 2. The second-order valence-electron chi connectivity index (χ2n) is 7.77. The number of benzene rings is 3. The molecule has 0 bridgehead atoms. The van der Waals surface area contributed by atoms with Crippen LogP contribution in [0.4, 0.5) is 11.4 Å². The Morgan fingerprint density at radius 1 is 0.882 bits per heavy atom. The number of rotatable bonds is 9. The molecule has 0 radical (unpaired) electrons. The largest absolute Gasteiger partial charge is 0.494 e. The molecule has 176 valence electrons. The zero-order chi connectivity index (χ0) is 24.3. The predicted octanol–water partition coefficient (Wildman–Crippen LogP) is 5.66. The fraction of sp³-hybridized carbons (Fsp3) is 0.222. The van der Waals surface area contributed by atoms with Gasteiger partial charge in [0.1, 0.15) is 5.75 Å². The highest BCUT2D eigenvalue weighted by Crippen LogP contribution is 2.17. The zero-order valence-electron chi connectivity index (χ0n) is 19.4. The molecule has 3 rings (SSSR count). The maximum absolute atomic E-state index is 12.7. The van der Waals surface area contributed by atoms with Crippen LogP contribution in [0.15, 0.2) is 78.9 Å². The van der Waals surface area contributed by atoms with Gasteiger partial charge in [-0.3, -0.25) is 14.9 Å². The standard InChI is InChI=1S/C27H29N3O3S/c1-3-4-8-19-33-24-17-13-20(14-18-24)25(31)29-27(34)28-22-15-11-21(12-16-22)26(32)30(2)23-9-6-5-7-10-23/h5-7,9-18H,3-4,8,19H2,1-2H3,(H2,28,29,31,34). The summed E-state index contributed by atoms with van der Waals surface area (Å²) in [7, 11) is 1.74. The van der Waals surface area contributed by atoms with Crippen molar-refractivity contribution in [1.29, 1.82) is 0 Å². The van der Waals surface area contributed by atoms with E-state index in [2.05, 4.69) is 17.6 Å². The SMILES string of the molecule is CCCCCOc1ccc(C(=O)NC(=S)Nc2ccc(C(=O)N(C)c3ccccc3)cc2)cc1. The van der Waals surface area contributed by atoms with Crippen LogP contribution >= 0.6 is 12.2 Å². The average Bonchev–Trinajstić information content (AvgIpc) is 2.87. The molecule has 0 saturated carbocycles. The van der Waals surface area contributed by atoms with Gasteiger partial charge in [-0.05, 0) is 79.3 Å². The Balaban J connectivity index is 1.50.